The molecule has 0 aliphatic rings. The quantitative estimate of drug-likeness (QED) is 0.0278. The maximum Gasteiger partial charge on any atom is 0.268 e. The zero-order valence-electron chi connectivity index (χ0n) is 35.7. The molecule has 0 radical (unpaired) electrons. The van der Waals surface area contributed by atoms with Crippen molar-refractivity contribution in [2.45, 2.75) is 193 Å². The first-order chi connectivity index (χ1) is 26.0. The number of aliphatic hydroxyl groups is 1. The third-order valence-corrected chi connectivity index (χ3v) is 10.5. The fourth-order valence-corrected chi connectivity index (χ4v) is 6.77. The van der Waals surface area contributed by atoms with Gasteiger partial charge in [0.15, 0.2) is 0 Å². The van der Waals surface area contributed by atoms with E-state index in [1.807, 2.05) is 27.2 Å². The van der Waals surface area contributed by atoms with Crippen LogP contribution >= 0.6 is 7.82 Å². The SMILES string of the molecule is CC/C=C\C/C=C\C/C=C\CCCCCCCCCC(=O)NC(COP(=O)([O-])OCC[N+](C)(C)C)C(O)/C=C/CCCCCCCCCCCCCCC. The molecule has 54 heavy (non-hydrogen) atoms. The minimum atomic E-state index is -4.59. The van der Waals surface area contributed by atoms with Crippen molar-refractivity contribution in [3.05, 3.63) is 48.6 Å². The van der Waals surface area contributed by atoms with Gasteiger partial charge >= 0.3 is 0 Å². The molecule has 2 N–H and O–H groups in total. The minimum Gasteiger partial charge on any atom is -0.756 e. The summed E-state index contributed by atoms with van der Waals surface area (Å²) in [7, 11) is 1.25. The van der Waals surface area contributed by atoms with E-state index < -0.39 is 20.0 Å². The molecule has 316 valence electrons. The highest BCUT2D eigenvalue weighted by Crippen LogP contribution is 2.38. The van der Waals surface area contributed by atoms with Gasteiger partial charge in [-0.1, -0.05) is 172 Å². The van der Waals surface area contributed by atoms with Crippen LogP contribution in [0, 0.1) is 0 Å². The lowest BCUT2D eigenvalue weighted by Gasteiger charge is -2.29. The summed E-state index contributed by atoms with van der Waals surface area (Å²) < 4.78 is 23.2. The predicted octanol–water partition coefficient (Wildman–Crippen LogP) is 11.4. The van der Waals surface area contributed by atoms with Gasteiger partial charge in [-0.2, -0.15) is 0 Å². The van der Waals surface area contributed by atoms with Crippen molar-refractivity contribution in [1.29, 1.82) is 0 Å². The summed E-state index contributed by atoms with van der Waals surface area (Å²) in [5.74, 6) is -0.210. The number of phosphoric acid groups is 1. The zero-order valence-corrected chi connectivity index (χ0v) is 36.6. The van der Waals surface area contributed by atoms with Crippen molar-refractivity contribution in [3.8, 4) is 0 Å². The first-order valence-corrected chi connectivity index (χ1v) is 23.5. The van der Waals surface area contributed by atoms with Gasteiger partial charge in [0.1, 0.15) is 13.2 Å². The molecule has 0 bridgehead atoms. The second-order valence-electron chi connectivity index (χ2n) is 16.0. The number of likely N-dealkylation sites (N-methyl/N-ethyl adjacent to an activating group) is 1. The molecule has 0 saturated heterocycles. The number of unbranched alkanes of at least 4 members (excludes halogenated alkanes) is 20. The van der Waals surface area contributed by atoms with E-state index in [9.17, 15) is 19.4 Å². The molecule has 9 heteroatoms. The number of amides is 1. The molecule has 0 saturated carbocycles. The fourth-order valence-electron chi connectivity index (χ4n) is 6.05. The Morgan fingerprint density at radius 1 is 0.667 bits per heavy atom. The maximum atomic E-state index is 12.8. The second kappa shape index (κ2) is 37.1. The number of aliphatic hydroxyl groups excluding tert-OH is 1. The summed E-state index contributed by atoms with van der Waals surface area (Å²) in [4.78, 5) is 25.3. The molecule has 0 aliphatic carbocycles. The van der Waals surface area contributed by atoms with E-state index in [-0.39, 0.29) is 19.1 Å². The van der Waals surface area contributed by atoms with Gasteiger partial charge in [-0.3, -0.25) is 9.36 Å². The van der Waals surface area contributed by atoms with E-state index in [2.05, 4.69) is 55.6 Å². The van der Waals surface area contributed by atoms with Gasteiger partial charge in [0.2, 0.25) is 5.91 Å². The monoisotopic (exact) mass is 781 g/mol. The van der Waals surface area contributed by atoms with Crippen LogP contribution in [0.1, 0.15) is 181 Å². The standard InChI is InChI=1S/C45H85N2O6P/c1-6-8-10-12-14-16-18-20-22-23-25-27-29-31-33-35-37-39-45(49)46-43(42-53-54(50,51)52-41-40-47(3,4)5)44(48)38-36-34-32-30-28-26-24-21-19-17-15-13-11-9-7-2/h8,10,14,16,20,22,36,38,43-44,48H,6-7,9,11-13,15,17-19,21,23-35,37,39-42H2,1-5H3,(H-,46,49,50,51)/b10-8-,16-14-,22-20-,38-36+. The summed E-state index contributed by atoms with van der Waals surface area (Å²) in [6.07, 6.45) is 45.8. The molecular weight excluding hydrogens is 695 g/mol. The molecule has 0 spiro atoms. The van der Waals surface area contributed by atoms with Gasteiger partial charge < -0.3 is 28.8 Å². The average Bonchev–Trinajstić information content (AvgIpc) is 3.12. The number of carbonyl (C=O) groups is 1. The molecule has 0 rings (SSSR count). The van der Waals surface area contributed by atoms with Crippen molar-refractivity contribution in [2.75, 3.05) is 40.9 Å². The molecule has 1 amide bonds. The zero-order chi connectivity index (χ0) is 40.0. The molecule has 0 aromatic rings. The number of phosphoric ester groups is 1. The Bertz CT molecular complexity index is 1020. The fraction of sp³-hybridized carbons (Fsp3) is 0.800. The molecular formula is C45H85N2O6P. The van der Waals surface area contributed by atoms with Crippen LogP contribution < -0.4 is 10.2 Å². The predicted molar refractivity (Wildman–Crippen MR) is 228 cm³/mol. The van der Waals surface area contributed by atoms with Crippen LogP contribution in [0.5, 0.6) is 0 Å². The Hall–Kier alpha value is -1.54. The molecule has 8 nitrogen and oxygen atoms in total. The Morgan fingerprint density at radius 3 is 1.65 bits per heavy atom. The van der Waals surface area contributed by atoms with Crippen molar-refractivity contribution in [1.82, 2.24) is 5.32 Å². The summed E-state index contributed by atoms with van der Waals surface area (Å²) in [6.45, 7) is 4.52. The van der Waals surface area contributed by atoms with Gasteiger partial charge in [0.25, 0.3) is 7.82 Å². The average molecular weight is 781 g/mol. The Balaban J connectivity index is 4.46. The number of carbonyl (C=O) groups excluding carboxylic acids is 1. The van der Waals surface area contributed by atoms with Gasteiger partial charge in [-0.25, -0.2) is 0 Å². The third kappa shape index (κ3) is 38.7. The molecule has 0 heterocycles. The largest absolute Gasteiger partial charge is 0.756 e. The molecule has 3 atom stereocenters. The number of nitrogens with zero attached hydrogens (tertiary/aromatic N) is 1. The van der Waals surface area contributed by atoms with Crippen LogP contribution in [0.25, 0.3) is 0 Å². The normalized spacial score (nSPS) is 14.9. The van der Waals surface area contributed by atoms with E-state index in [0.717, 1.165) is 70.6 Å². The van der Waals surface area contributed by atoms with Crippen molar-refractivity contribution >= 4 is 13.7 Å². The smallest absolute Gasteiger partial charge is 0.268 e. The third-order valence-electron chi connectivity index (χ3n) is 9.54. The van der Waals surface area contributed by atoms with Crippen molar-refractivity contribution < 1.29 is 32.9 Å². The first kappa shape index (κ1) is 52.5. The Kier molecular flexibility index (Phi) is 36.0. The number of hydrogen-bond acceptors (Lipinski definition) is 6. The van der Waals surface area contributed by atoms with Crippen molar-refractivity contribution in [2.24, 2.45) is 0 Å². The van der Waals surface area contributed by atoms with Crippen LogP contribution in [-0.2, 0) is 18.4 Å². The van der Waals surface area contributed by atoms with Gasteiger partial charge in [-0.15, -0.1) is 0 Å². The van der Waals surface area contributed by atoms with Crippen LogP contribution in [0.4, 0.5) is 0 Å². The number of quaternary nitrogens is 1. The number of hydrogen-bond donors (Lipinski definition) is 2. The van der Waals surface area contributed by atoms with Gasteiger partial charge in [0.05, 0.1) is 39.9 Å². The van der Waals surface area contributed by atoms with Crippen molar-refractivity contribution in [3.63, 3.8) is 0 Å². The Labute approximate surface area is 333 Å². The molecule has 0 fully saturated rings. The highest BCUT2D eigenvalue weighted by molar-refractivity contribution is 7.45. The van der Waals surface area contributed by atoms with E-state index >= 15 is 0 Å². The molecule has 0 aliphatic heterocycles. The summed E-state index contributed by atoms with van der Waals surface area (Å²) in [6, 6.07) is -0.891. The van der Waals surface area contributed by atoms with E-state index in [0.29, 0.717) is 17.4 Å². The number of allylic oxidation sites excluding steroid dienone is 7. The molecule has 3 unspecified atom stereocenters. The lowest BCUT2D eigenvalue weighted by molar-refractivity contribution is -0.870. The summed E-state index contributed by atoms with van der Waals surface area (Å²) in [5, 5.41) is 13.8. The molecule has 0 aromatic carbocycles. The van der Waals surface area contributed by atoms with Crippen LogP contribution in [0.15, 0.2) is 48.6 Å². The second-order valence-corrected chi connectivity index (χ2v) is 17.4. The van der Waals surface area contributed by atoms with Crippen LogP contribution in [0.3, 0.4) is 0 Å². The van der Waals surface area contributed by atoms with E-state index in [4.69, 9.17) is 9.05 Å². The highest BCUT2D eigenvalue weighted by atomic mass is 31.2. The van der Waals surface area contributed by atoms with Crippen LogP contribution in [0.2, 0.25) is 0 Å². The van der Waals surface area contributed by atoms with Crippen LogP contribution in [-0.4, -0.2) is 68.5 Å². The maximum absolute atomic E-state index is 12.8. The number of nitrogens with one attached hydrogen (secondary N) is 1. The van der Waals surface area contributed by atoms with E-state index in [1.54, 1.807) is 6.08 Å². The topological polar surface area (TPSA) is 108 Å². The van der Waals surface area contributed by atoms with E-state index in [1.165, 1.54) is 89.9 Å². The lowest BCUT2D eigenvalue weighted by atomic mass is 10.0. The highest BCUT2D eigenvalue weighted by Gasteiger charge is 2.23. The van der Waals surface area contributed by atoms with Gasteiger partial charge in [0, 0.05) is 6.42 Å². The Morgan fingerprint density at radius 2 is 1.13 bits per heavy atom. The summed E-state index contributed by atoms with van der Waals surface area (Å²) in [5.41, 5.74) is 0. The van der Waals surface area contributed by atoms with Gasteiger partial charge in [-0.05, 0) is 51.4 Å². The summed E-state index contributed by atoms with van der Waals surface area (Å²) >= 11 is 0. The minimum absolute atomic E-state index is 0.00459. The molecule has 0 aromatic heterocycles. The lowest BCUT2D eigenvalue weighted by Crippen LogP contribution is -2.45. The first-order valence-electron chi connectivity index (χ1n) is 22.0. The number of rotatable bonds is 39.